The number of anilines is 1. The van der Waals surface area contributed by atoms with Crippen LogP contribution in [0.2, 0.25) is 5.02 Å². The maximum Gasteiger partial charge on any atom is 0.251 e. The van der Waals surface area contributed by atoms with Crippen molar-refractivity contribution in [1.82, 2.24) is 15.3 Å². The molecule has 7 heteroatoms. The summed E-state index contributed by atoms with van der Waals surface area (Å²) in [5.41, 5.74) is 2.20. The highest BCUT2D eigenvalue weighted by atomic mass is 35.5. The molecule has 1 saturated carbocycles. The summed E-state index contributed by atoms with van der Waals surface area (Å²) in [7, 11) is 3.82. The van der Waals surface area contributed by atoms with E-state index >= 15 is 0 Å². The predicted molar refractivity (Wildman–Crippen MR) is 110 cm³/mol. The fourth-order valence-corrected chi connectivity index (χ4v) is 3.82. The van der Waals surface area contributed by atoms with Crippen LogP contribution in [0.3, 0.4) is 0 Å². The van der Waals surface area contributed by atoms with Gasteiger partial charge in [-0.1, -0.05) is 11.6 Å². The Kier molecular flexibility index (Phi) is 5.22. The molecule has 1 aliphatic carbocycles. The Labute approximate surface area is 168 Å². The van der Waals surface area contributed by atoms with E-state index in [0.717, 1.165) is 48.5 Å². The van der Waals surface area contributed by atoms with Crippen LogP contribution in [0.5, 0.6) is 0 Å². The van der Waals surface area contributed by atoms with Gasteiger partial charge in [0.15, 0.2) is 11.5 Å². The number of hydrogen-bond donors (Lipinski definition) is 1. The summed E-state index contributed by atoms with van der Waals surface area (Å²) in [6, 6.07) is 9.22. The van der Waals surface area contributed by atoms with Crippen molar-refractivity contribution in [2.75, 3.05) is 19.0 Å². The molecule has 1 aromatic carbocycles. The van der Waals surface area contributed by atoms with Crippen LogP contribution < -0.4 is 10.2 Å². The van der Waals surface area contributed by atoms with Crippen molar-refractivity contribution in [2.45, 2.75) is 37.6 Å². The number of amides is 1. The molecule has 28 heavy (non-hydrogen) atoms. The van der Waals surface area contributed by atoms with Gasteiger partial charge >= 0.3 is 0 Å². The number of nitrogens with zero attached hydrogens (tertiary/aromatic N) is 3. The Morgan fingerprint density at radius 1 is 1.18 bits per heavy atom. The minimum atomic E-state index is -0.0505. The molecule has 0 saturated heterocycles. The van der Waals surface area contributed by atoms with Gasteiger partial charge in [-0.15, -0.1) is 0 Å². The molecule has 0 atom stereocenters. The lowest BCUT2D eigenvalue weighted by Crippen LogP contribution is -2.37. The van der Waals surface area contributed by atoms with Gasteiger partial charge in [-0.25, -0.2) is 9.97 Å². The van der Waals surface area contributed by atoms with Crippen molar-refractivity contribution in [3.63, 3.8) is 0 Å². The van der Waals surface area contributed by atoms with E-state index in [1.54, 1.807) is 12.3 Å². The first-order valence-electron chi connectivity index (χ1n) is 9.50. The summed E-state index contributed by atoms with van der Waals surface area (Å²) >= 11 is 6.03. The van der Waals surface area contributed by atoms with E-state index in [1.807, 2.05) is 43.3 Å². The second-order valence-electron chi connectivity index (χ2n) is 7.48. The third kappa shape index (κ3) is 3.97. The van der Waals surface area contributed by atoms with Gasteiger partial charge in [-0.3, -0.25) is 4.79 Å². The van der Waals surface area contributed by atoms with Crippen LogP contribution in [0.4, 0.5) is 5.82 Å². The van der Waals surface area contributed by atoms with Crippen LogP contribution >= 0.6 is 11.6 Å². The van der Waals surface area contributed by atoms with E-state index in [0.29, 0.717) is 10.6 Å². The average molecular weight is 399 g/mol. The number of carbonyl (C=O) groups excluding carboxylic acids is 1. The Balaban J connectivity index is 1.37. The van der Waals surface area contributed by atoms with Crippen LogP contribution in [0, 0.1) is 0 Å². The Hall–Kier alpha value is -2.60. The first-order valence-corrected chi connectivity index (χ1v) is 9.87. The van der Waals surface area contributed by atoms with Crippen LogP contribution in [-0.4, -0.2) is 36.0 Å². The smallest absolute Gasteiger partial charge is 0.251 e. The molecule has 2 heterocycles. The largest absolute Gasteiger partial charge is 0.440 e. The maximum absolute atomic E-state index is 12.6. The summed E-state index contributed by atoms with van der Waals surface area (Å²) in [5.74, 6) is 1.77. The summed E-state index contributed by atoms with van der Waals surface area (Å²) in [6.45, 7) is 0. The van der Waals surface area contributed by atoms with E-state index < -0.39 is 0 Å². The van der Waals surface area contributed by atoms with Crippen molar-refractivity contribution in [3.05, 3.63) is 53.0 Å². The molecule has 1 aliphatic rings. The zero-order valence-corrected chi connectivity index (χ0v) is 16.7. The van der Waals surface area contributed by atoms with E-state index in [1.165, 1.54) is 0 Å². The standard InChI is InChI=1S/C21H23ClN4O2/c1-26(2)19-11-14(9-10-23-19)20(27)24-16-6-3-13(4-7-16)21-25-17-12-15(22)5-8-18(17)28-21/h5,8-13,16H,3-4,6-7H2,1-2H3,(H,24,27). The molecule has 1 amide bonds. The number of pyridine rings is 1. The minimum absolute atomic E-state index is 0.0505. The molecule has 1 N–H and O–H groups in total. The van der Waals surface area contributed by atoms with Crippen molar-refractivity contribution >= 4 is 34.4 Å². The molecule has 4 rings (SSSR count). The van der Waals surface area contributed by atoms with Gasteiger partial charge in [0, 0.05) is 42.8 Å². The zero-order chi connectivity index (χ0) is 19.7. The Morgan fingerprint density at radius 2 is 1.96 bits per heavy atom. The molecule has 0 unspecified atom stereocenters. The number of benzene rings is 1. The van der Waals surface area contributed by atoms with Crippen LogP contribution in [-0.2, 0) is 0 Å². The highest BCUT2D eigenvalue weighted by Crippen LogP contribution is 2.34. The highest BCUT2D eigenvalue weighted by molar-refractivity contribution is 6.31. The molecule has 6 nitrogen and oxygen atoms in total. The van der Waals surface area contributed by atoms with Gasteiger partial charge in [0.2, 0.25) is 0 Å². The molecule has 0 aliphatic heterocycles. The predicted octanol–water partition coefficient (Wildman–Crippen LogP) is 4.40. The molecule has 0 radical (unpaired) electrons. The first kappa shape index (κ1) is 18.7. The molecule has 2 aromatic heterocycles. The number of rotatable bonds is 4. The number of nitrogens with one attached hydrogen (secondary N) is 1. The monoisotopic (exact) mass is 398 g/mol. The summed E-state index contributed by atoms with van der Waals surface area (Å²) in [5, 5.41) is 3.81. The minimum Gasteiger partial charge on any atom is -0.440 e. The van der Waals surface area contributed by atoms with Gasteiger partial charge in [0.05, 0.1) is 0 Å². The third-order valence-electron chi connectivity index (χ3n) is 5.24. The normalized spacial score (nSPS) is 19.5. The lowest BCUT2D eigenvalue weighted by molar-refractivity contribution is 0.0925. The second-order valence-corrected chi connectivity index (χ2v) is 7.92. The quantitative estimate of drug-likeness (QED) is 0.705. The van der Waals surface area contributed by atoms with Crippen molar-refractivity contribution in [2.24, 2.45) is 0 Å². The molecule has 1 fully saturated rings. The van der Waals surface area contributed by atoms with E-state index in [-0.39, 0.29) is 17.9 Å². The lowest BCUT2D eigenvalue weighted by atomic mass is 9.86. The SMILES string of the molecule is CN(C)c1cc(C(=O)NC2CCC(c3nc4cc(Cl)ccc4o3)CC2)ccn1. The number of aromatic nitrogens is 2. The lowest BCUT2D eigenvalue weighted by Gasteiger charge is -2.27. The van der Waals surface area contributed by atoms with Gasteiger partial charge < -0.3 is 14.6 Å². The highest BCUT2D eigenvalue weighted by Gasteiger charge is 2.27. The Bertz CT molecular complexity index is 993. The van der Waals surface area contributed by atoms with Gasteiger partial charge in [-0.05, 0) is 56.0 Å². The molecule has 146 valence electrons. The first-order chi connectivity index (χ1) is 13.5. The number of fused-ring (bicyclic) bond motifs is 1. The topological polar surface area (TPSA) is 71.3 Å². The molecule has 0 bridgehead atoms. The van der Waals surface area contributed by atoms with Crippen LogP contribution in [0.25, 0.3) is 11.1 Å². The fourth-order valence-electron chi connectivity index (χ4n) is 3.65. The van der Waals surface area contributed by atoms with E-state index in [4.69, 9.17) is 16.0 Å². The van der Waals surface area contributed by atoms with E-state index in [2.05, 4.69) is 15.3 Å². The van der Waals surface area contributed by atoms with Crippen molar-refractivity contribution in [3.8, 4) is 0 Å². The Morgan fingerprint density at radius 3 is 2.71 bits per heavy atom. The van der Waals surface area contributed by atoms with Crippen LogP contribution in [0.1, 0.15) is 47.8 Å². The summed E-state index contributed by atoms with van der Waals surface area (Å²) in [4.78, 5) is 23.3. The average Bonchev–Trinajstić information content (AvgIpc) is 3.11. The van der Waals surface area contributed by atoms with Gasteiger partial charge in [-0.2, -0.15) is 0 Å². The summed E-state index contributed by atoms with van der Waals surface area (Å²) in [6.07, 6.45) is 5.35. The van der Waals surface area contributed by atoms with Crippen molar-refractivity contribution < 1.29 is 9.21 Å². The second kappa shape index (κ2) is 7.80. The third-order valence-corrected chi connectivity index (χ3v) is 5.48. The van der Waals surface area contributed by atoms with Gasteiger partial charge in [0.1, 0.15) is 11.3 Å². The van der Waals surface area contributed by atoms with Gasteiger partial charge in [0.25, 0.3) is 5.91 Å². The zero-order valence-electron chi connectivity index (χ0n) is 16.0. The summed E-state index contributed by atoms with van der Waals surface area (Å²) < 4.78 is 5.92. The maximum atomic E-state index is 12.6. The number of hydrogen-bond acceptors (Lipinski definition) is 5. The van der Waals surface area contributed by atoms with E-state index in [9.17, 15) is 4.79 Å². The number of carbonyl (C=O) groups is 1. The molecular weight excluding hydrogens is 376 g/mol. The molecule has 3 aromatic rings. The van der Waals surface area contributed by atoms with Crippen molar-refractivity contribution in [1.29, 1.82) is 0 Å². The number of halogens is 1. The number of oxazole rings is 1. The van der Waals surface area contributed by atoms with Crippen LogP contribution in [0.15, 0.2) is 40.9 Å². The fraction of sp³-hybridized carbons (Fsp3) is 0.381. The molecule has 0 spiro atoms. The molecular formula is C21H23ClN4O2.